The maximum Gasteiger partial charge on any atom is 0.310 e. The molecule has 1 heterocycles. The van der Waals surface area contributed by atoms with Crippen LogP contribution in [0.25, 0.3) is 0 Å². The molecular weight excluding hydrogens is 374 g/mol. The summed E-state index contributed by atoms with van der Waals surface area (Å²) in [4.78, 5) is 25.5. The number of carbonyl (C=O) groups is 2. The molecule has 1 aromatic heterocycles. The van der Waals surface area contributed by atoms with Crippen LogP contribution < -0.4 is 10.1 Å². The quantitative estimate of drug-likeness (QED) is 0.590. The molecule has 0 bridgehead atoms. The van der Waals surface area contributed by atoms with Gasteiger partial charge in [-0.3, -0.25) is 9.59 Å². The highest BCUT2D eigenvalue weighted by atomic mass is 32.1. The van der Waals surface area contributed by atoms with Gasteiger partial charge < -0.3 is 14.8 Å². The molecule has 144 valence electrons. The number of rotatable bonds is 8. The Morgan fingerprint density at radius 2 is 1.86 bits per heavy atom. The lowest BCUT2D eigenvalue weighted by Gasteiger charge is -2.18. The number of thiophene rings is 1. The Morgan fingerprint density at radius 3 is 2.57 bits per heavy atom. The third-order valence-electron chi connectivity index (χ3n) is 4.11. The first-order chi connectivity index (χ1) is 13.7. The van der Waals surface area contributed by atoms with Gasteiger partial charge in [-0.2, -0.15) is 0 Å². The van der Waals surface area contributed by atoms with Crippen LogP contribution in [0.5, 0.6) is 5.75 Å². The molecule has 0 fully saturated rings. The number of benzene rings is 2. The van der Waals surface area contributed by atoms with Crippen molar-refractivity contribution in [3.05, 3.63) is 88.1 Å². The molecular formula is C22H21NO4S. The maximum atomic E-state index is 12.4. The van der Waals surface area contributed by atoms with Crippen LogP contribution in [-0.2, 0) is 20.7 Å². The summed E-state index contributed by atoms with van der Waals surface area (Å²) in [6.07, 6.45) is 0.0809. The van der Waals surface area contributed by atoms with Gasteiger partial charge in [-0.05, 0) is 34.7 Å². The lowest BCUT2D eigenvalue weighted by molar-refractivity contribution is -0.148. The summed E-state index contributed by atoms with van der Waals surface area (Å²) in [5, 5.41) is 4.91. The predicted octanol–water partition coefficient (Wildman–Crippen LogP) is 3.75. The summed E-state index contributed by atoms with van der Waals surface area (Å²) in [6, 6.07) is 20.5. The Morgan fingerprint density at radius 1 is 1.04 bits per heavy atom. The van der Waals surface area contributed by atoms with Crippen molar-refractivity contribution in [2.75, 3.05) is 13.7 Å². The largest absolute Gasteiger partial charge is 0.497 e. The molecule has 1 amide bonds. The van der Waals surface area contributed by atoms with Gasteiger partial charge in [0, 0.05) is 4.88 Å². The molecule has 0 aliphatic carbocycles. The average Bonchev–Trinajstić information content (AvgIpc) is 3.26. The van der Waals surface area contributed by atoms with Crippen LogP contribution in [0.1, 0.15) is 22.0 Å². The number of esters is 1. The van der Waals surface area contributed by atoms with Crippen LogP contribution in [0.3, 0.4) is 0 Å². The van der Waals surface area contributed by atoms with E-state index in [1.54, 1.807) is 36.6 Å². The molecule has 0 spiro atoms. The van der Waals surface area contributed by atoms with Crippen molar-refractivity contribution < 1.29 is 19.1 Å². The Bertz CT molecular complexity index is 909. The molecule has 0 unspecified atom stereocenters. The highest BCUT2D eigenvalue weighted by Crippen LogP contribution is 2.25. The van der Waals surface area contributed by atoms with Gasteiger partial charge in [0.1, 0.15) is 5.75 Å². The molecule has 6 heteroatoms. The summed E-state index contributed by atoms with van der Waals surface area (Å²) in [6.45, 7) is -0.322. The van der Waals surface area contributed by atoms with Crippen molar-refractivity contribution in [2.45, 2.75) is 12.5 Å². The summed E-state index contributed by atoms with van der Waals surface area (Å²) >= 11 is 1.56. The molecule has 2 aromatic carbocycles. The molecule has 3 aromatic rings. The lowest BCUT2D eigenvalue weighted by Crippen LogP contribution is -2.32. The van der Waals surface area contributed by atoms with Crippen molar-refractivity contribution in [1.82, 2.24) is 5.32 Å². The second-order valence-electron chi connectivity index (χ2n) is 6.12. The summed E-state index contributed by atoms with van der Waals surface area (Å²) < 4.78 is 10.3. The Labute approximate surface area is 167 Å². The molecule has 0 saturated heterocycles. The van der Waals surface area contributed by atoms with E-state index >= 15 is 0 Å². The van der Waals surface area contributed by atoms with Crippen LogP contribution in [0.4, 0.5) is 0 Å². The SMILES string of the molecule is COc1cccc(CC(=O)OCC(=O)N[C@H](c2ccccc2)c2cccs2)c1. The van der Waals surface area contributed by atoms with Crippen molar-refractivity contribution in [2.24, 2.45) is 0 Å². The molecule has 28 heavy (non-hydrogen) atoms. The van der Waals surface area contributed by atoms with Crippen molar-refractivity contribution >= 4 is 23.2 Å². The summed E-state index contributed by atoms with van der Waals surface area (Å²) in [5.74, 6) is -0.137. The first kappa shape index (κ1) is 19.6. The summed E-state index contributed by atoms with van der Waals surface area (Å²) in [7, 11) is 1.57. The fourth-order valence-electron chi connectivity index (χ4n) is 2.77. The van der Waals surface area contributed by atoms with Gasteiger partial charge in [-0.1, -0.05) is 48.5 Å². The monoisotopic (exact) mass is 395 g/mol. The van der Waals surface area contributed by atoms with E-state index < -0.39 is 5.97 Å². The standard InChI is InChI=1S/C22H21NO4S/c1-26-18-10-5-7-16(13-18)14-21(25)27-15-20(24)23-22(19-11-6-12-28-19)17-8-3-2-4-9-17/h2-13,22H,14-15H2,1H3,(H,23,24)/t22-/m1/s1. The zero-order valence-corrected chi connectivity index (χ0v) is 16.3. The number of ether oxygens (including phenoxy) is 2. The zero-order valence-electron chi connectivity index (χ0n) is 15.5. The molecule has 1 atom stereocenters. The first-order valence-corrected chi connectivity index (χ1v) is 9.70. The van der Waals surface area contributed by atoms with Crippen LogP contribution in [0, 0.1) is 0 Å². The van der Waals surface area contributed by atoms with E-state index in [2.05, 4.69) is 5.32 Å². The number of carbonyl (C=O) groups excluding carboxylic acids is 2. The molecule has 3 rings (SSSR count). The van der Waals surface area contributed by atoms with Gasteiger partial charge in [0.2, 0.25) is 0 Å². The fraction of sp³-hybridized carbons (Fsp3) is 0.182. The third kappa shape index (κ3) is 5.44. The van der Waals surface area contributed by atoms with Gasteiger partial charge >= 0.3 is 5.97 Å². The number of hydrogen-bond acceptors (Lipinski definition) is 5. The van der Waals surface area contributed by atoms with Crippen LogP contribution >= 0.6 is 11.3 Å². The van der Waals surface area contributed by atoms with Crippen molar-refractivity contribution in [3.8, 4) is 5.75 Å². The van der Waals surface area contributed by atoms with E-state index in [1.807, 2.05) is 53.9 Å². The minimum atomic E-state index is -0.462. The smallest absolute Gasteiger partial charge is 0.310 e. The number of hydrogen-bond donors (Lipinski definition) is 1. The van der Waals surface area contributed by atoms with Crippen molar-refractivity contribution in [3.63, 3.8) is 0 Å². The van der Waals surface area contributed by atoms with E-state index in [9.17, 15) is 9.59 Å². The zero-order chi connectivity index (χ0) is 19.8. The second kappa shape index (κ2) is 9.71. The van der Waals surface area contributed by atoms with Gasteiger partial charge in [-0.25, -0.2) is 0 Å². The van der Waals surface area contributed by atoms with Crippen LogP contribution in [0.15, 0.2) is 72.1 Å². The Kier molecular flexibility index (Phi) is 6.81. The molecule has 0 aliphatic heterocycles. The van der Waals surface area contributed by atoms with Crippen LogP contribution in [0.2, 0.25) is 0 Å². The van der Waals surface area contributed by atoms with Gasteiger partial charge in [0.05, 0.1) is 19.6 Å². The van der Waals surface area contributed by atoms with E-state index in [1.165, 1.54) is 0 Å². The van der Waals surface area contributed by atoms with E-state index in [4.69, 9.17) is 9.47 Å². The number of amides is 1. The molecule has 0 radical (unpaired) electrons. The molecule has 5 nitrogen and oxygen atoms in total. The molecule has 1 N–H and O–H groups in total. The highest BCUT2D eigenvalue weighted by Gasteiger charge is 2.18. The van der Waals surface area contributed by atoms with Gasteiger partial charge in [0.15, 0.2) is 6.61 Å². The van der Waals surface area contributed by atoms with Crippen molar-refractivity contribution in [1.29, 1.82) is 0 Å². The Hall–Kier alpha value is -3.12. The second-order valence-corrected chi connectivity index (χ2v) is 7.09. The van der Waals surface area contributed by atoms with E-state index in [-0.39, 0.29) is 25.0 Å². The minimum Gasteiger partial charge on any atom is -0.497 e. The normalized spacial score (nSPS) is 11.5. The van der Waals surface area contributed by atoms with Gasteiger partial charge in [0.25, 0.3) is 5.91 Å². The van der Waals surface area contributed by atoms with Crippen LogP contribution in [-0.4, -0.2) is 25.6 Å². The topological polar surface area (TPSA) is 64.6 Å². The fourth-order valence-corrected chi connectivity index (χ4v) is 3.57. The van der Waals surface area contributed by atoms with Gasteiger partial charge in [-0.15, -0.1) is 11.3 Å². The summed E-state index contributed by atoms with van der Waals surface area (Å²) in [5.41, 5.74) is 1.74. The van der Waals surface area contributed by atoms with E-state index in [0.29, 0.717) is 5.75 Å². The first-order valence-electron chi connectivity index (χ1n) is 8.82. The average molecular weight is 395 g/mol. The van der Waals surface area contributed by atoms with E-state index in [0.717, 1.165) is 16.0 Å². The number of methoxy groups -OCH3 is 1. The third-order valence-corrected chi connectivity index (χ3v) is 5.05. The highest BCUT2D eigenvalue weighted by molar-refractivity contribution is 7.10. The molecule has 0 aliphatic rings. The predicted molar refractivity (Wildman–Crippen MR) is 108 cm³/mol. The Balaban J connectivity index is 1.56. The lowest BCUT2D eigenvalue weighted by atomic mass is 10.1. The minimum absolute atomic E-state index is 0.0809. The number of nitrogens with one attached hydrogen (secondary N) is 1. The molecule has 0 saturated carbocycles. The maximum absolute atomic E-state index is 12.4.